The second-order valence-corrected chi connectivity index (χ2v) is 8.54. The van der Waals surface area contributed by atoms with Crippen molar-refractivity contribution in [3.63, 3.8) is 0 Å². The quantitative estimate of drug-likeness (QED) is 0.617. The molecule has 0 spiro atoms. The van der Waals surface area contributed by atoms with E-state index in [1.54, 1.807) is 12.1 Å². The van der Waals surface area contributed by atoms with E-state index in [1.165, 1.54) is 21.2 Å². The summed E-state index contributed by atoms with van der Waals surface area (Å²) in [5, 5.41) is 5.05. The monoisotopic (exact) mass is 442 g/mol. The van der Waals surface area contributed by atoms with Crippen molar-refractivity contribution in [3.05, 3.63) is 83.4 Å². The van der Waals surface area contributed by atoms with Gasteiger partial charge in [0.25, 0.3) is 5.91 Å². The van der Waals surface area contributed by atoms with Crippen molar-refractivity contribution in [2.75, 3.05) is 32.7 Å². The third kappa shape index (κ3) is 4.45. The first-order valence-electron chi connectivity index (χ1n) is 11.2. The number of piperazine rings is 1. The molecule has 2 aliphatic heterocycles. The summed E-state index contributed by atoms with van der Waals surface area (Å²) in [6.45, 7) is 4.18. The molecule has 7 heteroatoms. The van der Waals surface area contributed by atoms with Gasteiger partial charge in [-0.05, 0) is 34.0 Å². The van der Waals surface area contributed by atoms with Crippen LogP contribution in [0, 0.1) is 0 Å². The maximum Gasteiger partial charge on any atom is 0.324 e. The summed E-state index contributed by atoms with van der Waals surface area (Å²) in [7, 11) is 0. The molecular formula is C26H26N4O3. The van der Waals surface area contributed by atoms with E-state index in [-0.39, 0.29) is 30.9 Å². The van der Waals surface area contributed by atoms with Crippen LogP contribution >= 0.6 is 0 Å². The lowest BCUT2D eigenvalue weighted by Gasteiger charge is -2.35. The lowest BCUT2D eigenvalue weighted by atomic mass is 10.0. The molecule has 5 rings (SSSR count). The SMILES string of the molecule is O=C(c1ccc(CN2C(=O)CNC2=O)cc1)N1CCN(Cc2cccc3ccccc23)CC1. The summed E-state index contributed by atoms with van der Waals surface area (Å²) < 4.78 is 0. The van der Waals surface area contributed by atoms with Crippen molar-refractivity contribution < 1.29 is 14.4 Å². The van der Waals surface area contributed by atoms with Gasteiger partial charge in [0.15, 0.2) is 0 Å². The van der Waals surface area contributed by atoms with Crippen LogP contribution in [0.5, 0.6) is 0 Å². The molecule has 4 amide bonds. The van der Waals surface area contributed by atoms with Crippen molar-refractivity contribution in [3.8, 4) is 0 Å². The van der Waals surface area contributed by atoms with Crippen LogP contribution in [0.1, 0.15) is 21.5 Å². The summed E-state index contributed by atoms with van der Waals surface area (Å²) in [5.74, 6) is -0.220. The zero-order valence-corrected chi connectivity index (χ0v) is 18.4. The predicted molar refractivity (Wildman–Crippen MR) is 126 cm³/mol. The van der Waals surface area contributed by atoms with Gasteiger partial charge in [-0.2, -0.15) is 0 Å². The first kappa shape index (κ1) is 21.2. The molecule has 0 bridgehead atoms. The molecule has 1 N–H and O–H groups in total. The lowest BCUT2D eigenvalue weighted by Crippen LogP contribution is -2.48. The Kier molecular flexibility index (Phi) is 5.79. The molecule has 0 saturated carbocycles. The van der Waals surface area contributed by atoms with Gasteiger partial charge in [-0.25, -0.2) is 4.79 Å². The predicted octanol–water partition coefficient (Wildman–Crippen LogP) is 2.85. The van der Waals surface area contributed by atoms with Crippen molar-refractivity contribution in [1.29, 1.82) is 0 Å². The van der Waals surface area contributed by atoms with Gasteiger partial charge in [-0.3, -0.25) is 19.4 Å². The first-order valence-corrected chi connectivity index (χ1v) is 11.2. The number of carbonyl (C=O) groups is 3. The third-order valence-corrected chi connectivity index (χ3v) is 6.41. The Morgan fingerprint density at radius 2 is 1.55 bits per heavy atom. The highest BCUT2D eigenvalue weighted by atomic mass is 16.2. The van der Waals surface area contributed by atoms with E-state index in [0.29, 0.717) is 18.7 Å². The van der Waals surface area contributed by atoms with E-state index in [2.05, 4.69) is 52.7 Å². The molecule has 2 heterocycles. The normalized spacial score (nSPS) is 17.0. The first-order chi connectivity index (χ1) is 16.1. The molecule has 3 aromatic rings. The summed E-state index contributed by atoms with van der Waals surface area (Å²) in [6.07, 6.45) is 0. The van der Waals surface area contributed by atoms with Crippen molar-refractivity contribution in [1.82, 2.24) is 20.0 Å². The van der Waals surface area contributed by atoms with E-state index >= 15 is 0 Å². The van der Waals surface area contributed by atoms with Crippen LogP contribution in [0.25, 0.3) is 10.8 Å². The van der Waals surface area contributed by atoms with Gasteiger partial charge in [0, 0.05) is 38.3 Å². The average Bonchev–Trinajstić information content (AvgIpc) is 3.17. The van der Waals surface area contributed by atoms with Gasteiger partial charge < -0.3 is 10.2 Å². The van der Waals surface area contributed by atoms with Crippen LogP contribution in [0.2, 0.25) is 0 Å². The molecule has 0 radical (unpaired) electrons. The largest absolute Gasteiger partial charge is 0.336 e. The highest BCUT2D eigenvalue weighted by molar-refractivity contribution is 6.01. The molecule has 0 atom stereocenters. The molecule has 2 saturated heterocycles. The average molecular weight is 443 g/mol. The fourth-order valence-corrected chi connectivity index (χ4v) is 4.51. The number of nitrogens with one attached hydrogen (secondary N) is 1. The molecular weight excluding hydrogens is 416 g/mol. The molecule has 33 heavy (non-hydrogen) atoms. The number of benzene rings is 3. The smallest absolute Gasteiger partial charge is 0.324 e. The van der Waals surface area contributed by atoms with Crippen molar-refractivity contribution >= 4 is 28.6 Å². The molecule has 3 aromatic carbocycles. The Morgan fingerprint density at radius 3 is 2.27 bits per heavy atom. The number of rotatable bonds is 5. The van der Waals surface area contributed by atoms with Crippen LogP contribution in [0.3, 0.4) is 0 Å². The second-order valence-electron chi connectivity index (χ2n) is 8.54. The number of nitrogens with zero attached hydrogens (tertiary/aromatic N) is 3. The zero-order chi connectivity index (χ0) is 22.8. The van der Waals surface area contributed by atoms with E-state index in [0.717, 1.165) is 25.2 Å². The number of amides is 4. The van der Waals surface area contributed by atoms with Gasteiger partial charge in [-0.1, -0.05) is 54.6 Å². The minimum atomic E-state index is -0.374. The Hall–Kier alpha value is -3.71. The van der Waals surface area contributed by atoms with E-state index in [4.69, 9.17) is 0 Å². The van der Waals surface area contributed by atoms with Gasteiger partial charge in [0.05, 0.1) is 13.1 Å². The molecule has 0 unspecified atom stereocenters. The van der Waals surface area contributed by atoms with Gasteiger partial charge >= 0.3 is 6.03 Å². The fraction of sp³-hybridized carbons (Fsp3) is 0.269. The van der Waals surface area contributed by atoms with Crippen LogP contribution in [0.4, 0.5) is 4.79 Å². The topological polar surface area (TPSA) is 73.0 Å². The van der Waals surface area contributed by atoms with Crippen LogP contribution in [0.15, 0.2) is 66.7 Å². The Bertz CT molecular complexity index is 1180. The number of fused-ring (bicyclic) bond motifs is 1. The lowest BCUT2D eigenvalue weighted by molar-refractivity contribution is -0.125. The minimum Gasteiger partial charge on any atom is -0.336 e. The number of urea groups is 1. The highest BCUT2D eigenvalue weighted by Crippen LogP contribution is 2.21. The van der Waals surface area contributed by atoms with Gasteiger partial charge in [0.2, 0.25) is 5.91 Å². The maximum absolute atomic E-state index is 13.0. The highest BCUT2D eigenvalue weighted by Gasteiger charge is 2.28. The molecule has 7 nitrogen and oxygen atoms in total. The zero-order valence-electron chi connectivity index (χ0n) is 18.4. The standard InChI is InChI=1S/C26H26N4O3/c31-24-16-27-26(33)30(24)17-19-8-10-21(11-9-19)25(32)29-14-12-28(13-15-29)18-22-6-3-5-20-4-1-2-7-23(20)22/h1-11H,12-18H2,(H,27,33). The molecule has 0 aliphatic carbocycles. The number of hydrogen-bond donors (Lipinski definition) is 1. The summed E-state index contributed by atoms with van der Waals surface area (Å²) in [5.41, 5.74) is 2.75. The van der Waals surface area contributed by atoms with Crippen molar-refractivity contribution in [2.24, 2.45) is 0 Å². The fourth-order valence-electron chi connectivity index (χ4n) is 4.51. The number of imide groups is 1. The number of hydrogen-bond acceptors (Lipinski definition) is 4. The minimum absolute atomic E-state index is 0.0151. The third-order valence-electron chi connectivity index (χ3n) is 6.41. The summed E-state index contributed by atoms with van der Waals surface area (Å²) in [4.78, 5) is 41.9. The van der Waals surface area contributed by atoms with Crippen LogP contribution < -0.4 is 5.32 Å². The van der Waals surface area contributed by atoms with Crippen LogP contribution in [-0.2, 0) is 17.9 Å². The summed E-state index contributed by atoms with van der Waals surface area (Å²) in [6, 6.07) is 21.7. The second kappa shape index (κ2) is 9.03. The molecule has 0 aromatic heterocycles. The van der Waals surface area contributed by atoms with E-state index in [9.17, 15) is 14.4 Å². The summed E-state index contributed by atoms with van der Waals surface area (Å²) >= 11 is 0. The Labute approximate surface area is 192 Å². The van der Waals surface area contributed by atoms with E-state index in [1.807, 2.05) is 17.0 Å². The Morgan fingerprint density at radius 1 is 0.818 bits per heavy atom. The molecule has 168 valence electrons. The maximum atomic E-state index is 13.0. The van der Waals surface area contributed by atoms with Gasteiger partial charge in [0.1, 0.15) is 0 Å². The Balaban J connectivity index is 1.17. The van der Waals surface area contributed by atoms with E-state index < -0.39 is 0 Å². The van der Waals surface area contributed by atoms with Crippen molar-refractivity contribution in [2.45, 2.75) is 13.1 Å². The van der Waals surface area contributed by atoms with Crippen LogP contribution in [-0.4, -0.2) is 65.3 Å². The number of carbonyl (C=O) groups excluding carboxylic acids is 3. The van der Waals surface area contributed by atoms with Gasteiger partial charge in [-0.15, -0.1) is 0 Å². The molecule has 2 fully saturated rings. The molecule has 2 aliphatic rings.